The summed E-state index contributed by atoms with van der Waals surface area (Å²) in [6.45, 7) is 0.773. The van der Waals surface area contributed by atoms with E-state index in [-0.39, 0.29) is 12.7 Å². The van der Waals surface area contributed by atoms with Crippen molar-refractivity contribution in [3.05, 3.63) is 47.5 Å². The Morgan fingerprint density at radius 1 is 1.12 bits per heavy atom. The molecule has 1 aromatic heterocycles. The molecule has 0 spiro atoms. The lowest BCUT2D eigenvalue weighted by atomic mass is 10.1. The van der Waals surface area contributed by atoms with E-state index in [1.54, 1.807) is 18.2 Å². The van der Waals surface area contributed by atoms with Crippen molar-refractivity contribution < 1.29 is 9.47 Å². The molecule has 2 heterocycles. The largest absolute Gasteiger partial charge is 0.454 e. The van der Waals surface area contributed by atoms with Crippen LogP contribution in [0.3, 0.4) is 0 Å². The fourth-order valence-electron chi connectivity index (χ4n) is 2.59. The van der Waals surface area contributed by atoms with Gasteiger partial charge in [-0.1, -0.05) is 6.07 Å². The van der Waals surface area contributed by atoms with Crippen LogP contribution < -0.4 is 20.5 Å². The van der Waals surface area contributed by atoms with E-state index in [0.29, 0.717) is 23.4 Å². The average Bonchev–Trinajstić information content (AvgIpc) is 3.07. The third kappa shape index (κ3) is 2.50. The number of benzene rings is 2. The molecule has 118 valence electrons. The lowest BCUT2D eigenvalue weighted by Crippen LogP contribution is -2.05. The summed E-state index contributed by atoms with van der Waals surface area (Å²) in [4.78, 5) is 8.45. The summed E-state index contributed by atoms with van der Waals surface area (Å²) in [6, 6.07) is 13.1. The third-order valence-corrected chi connectivity index (χ3v) is 3.74. The normalized spacial score (nSPS) is 12.1. The summed E-state index contributed by atoms with van der Waals surface area (Å²) in [5.41, 5.74) is 8.02. The van der Waals surface area contributed by atoms with Crippen molar-refractivity contribution in [2.45, 2.75) is 6.54 Å². The van der Waals surface area contributed by atoms with Crippen molar-refractivity contribution in [3.63, 3.8) is 0 Å². The molecule has 0 saturated carbocycles. The van der Waals surface area contributed by atoms with Crippen LogP contribution in [0.15, 0.2) is 36.4 Å². The van der Waals surface area contributed by atoms with Crippen molar-refractivity contribution >= 4 is 22.7 Å². The molecule has 1 aliphatic rings. The Labute approximate surface area is 137 Å². The number of nitrogen functional groups attached to an aromatic ring is 1. The molecule has 4 rings (SSSR count). The molecule has 3 aromatic rings. The third-order valence-electron chi connectivity index (χ3n) is 3.74. The highest BCUT2D eigenvalue weighted by Gasteiger charge is 2.13. The van der Waals surface area contributed by atoms with Crippen LogP contribution in [-0.2, 0) is 6.54 Å². The second kappa shape index (κ2) is 5.59. The second-order valence-corrected chi connectivity index (χ2v) is 5.32. The van der Waals surface area contributed by atoms with E-state index >= 15 is 0 Å². The number of rotatable bonds is 3. The molecule has 7 nitrogen and oxygen atoms in total. The van der Waals surface area contributed by atoms with Crippen LogP contribution in [0.25, 0.3) is 10.9 Å². The minimum Gasteiger partial charge on any atom is -0.454 e. The van der Waals surface area contributed by atoms with Gasteiger partial charge >= 0.3 is 0 Å². The average molecular weight is 319 g/mol. The van der Waals surface area contributed by atoms with Crippen molar-refractivity contribution in [2.75, 3.05) is 17.8 Å². The van der Waals surface area contributed by atoms with Gasteiger partial charge in [0.1, 0.15) is 5.82 Å². The molecular weight excluding hydrogens is 306 g/mol. The molecule has 7 heteroatoms. The first-order chi connectivity index (χ1) is 11.7. The Morgan fingerprint density at radius 2 is 2.00 bits per heavy atom. The van der Waals surface area contributed by atoms with Gasteiger partial charge in [-0.3, -0.25) is 0 Å². The predicted octanol–water partition coefficient (Wildman–Crippen LogP) is 2.42. The van der Waals surface area contributed by atoms with E-state index in [1.807, 2.05) is 18.2 Å². The van der Waals surface area contributed by atoms with Crippen molar-refractivity contribution in [1.82, 2.24) is 9.97 Å². The van der Waals surface area contributed by atoms with Crippen LogP contribution in [0.5, 0.6) is 11.5 Å². The molecule has 0 atom stereocenters. The predicted molar refractivity (Wildman–Crippen MR) is 88.6 cm³/mol. The number of hydrogen-bond donors (Lipinski definition) is 2. The number of fused-ring (bicyclic) bond motifs is 2. The van der Waals surface area contributed by atoms with Crippen LogP contribution in [0.2, 0.25) is 0 Å². The van der Waals surface area contributed by atoms with Crippen LogP contribution in [0.4, 0.5) is 11.8 Å². The molecule has 0 unspecified atom stereocenters. The SMILES string of the molecule is N#Cc1ccc2nc(N)nc(NCc3ccc4c(c3)OCO4)c2c1. The number of nitrogens with two attached hydrogens (primary N) is 1. The first-order valence-corrected chi connectivity index (χ1v) is 7.33. The summed E-state index contributed by atoms with van der Waals surface area (Å²) in [7, 11) is 0. The zero-order chi connectivity index (χ0) is 16.5. The quantitative estimate of drug-likeness (QED) is 0.763. The number of nitriles is 1. The molecule has 0 aliphatic carbocycles. The highest BCUT2D eigenvalue weighted by atomic mass is 16.7. The number of aromatic nitrogens is 2. The Kier molecular flexibility index (Phi) is 3.28. The molecule has 0 radical (unpaired) electrons. The topological polar surface area (TPSA) is 106 Å². The van der Waals surface area contributed by atoms with Crippen LogP contribution in [-0.4, -0.2) is 16.8 Å². The van der Waals surface area contributed by atoms with Gasteiger partial charge in [-0.2, -0.15) is 10.2 Å². The van der Waals surface area contributed by atoms with Gasteiger partial charge in [0.2, 0.25) is 12.7 Å². The molecular formula is C17H13N5O2. The maximum absolute atomic E-state index is 9.08. The van der Waals surface area contributed by atoms with Crippen LogP contribution >= 0.6 is 0 Å². The molecule has 2 aromatic carbocycles. The highest BCUT2D eigenvalue weighted by molar-refractivity contribution is 5.91. The van der Waals surface area contributed by atoms with Gasteiger partial charge in [-0.05, 0) is 35.9 Å². The molecule has 24 heavy (non-hydrogen) atoms. The molecule has 1 aliphatic heterocycles. The van der Waals surface area contributed by atoms with Gasteiger partial charge in [-0.15, -0.1) is 0 Å². The summed E-state index contributed by atoms with van der Waals surface area (Å²) >= 11 is 0. The lowest BCUT2D eigenvalue weighted by Gasteiger charge is -2.10. The highest BCUT2D eigenvalue weighted by Crippen LogP contribution is 2.32. The van der Waals surface area contributed by atoms with E-state index in [4.69, 9.17) is 20.5 Å². The lowest BCUT2D eigenvalue weighted by molar-refractivity contribution is 0.174. The fourth-order valence-corrected chi connectivity index (χ4v) is 2.59. The van der Waals surface area contributed by atoms with Gasteiger partial charge in [0.15, 0.2) is 11.5 Å². The smallest absolute Gasteiger partial charge is 0.231 e. The number of ether oxygens (including phenoxy) is 2. The standard InChI is InChI=1S/C17H13N5O2/c18-7-10-1-3-13-12(5-10)16(22-17(19)21-13)20-8-11-2-4-14-15(6-11)24-9-23-14/h1-6H,8-9H2,(H3,19,20,21,22). The van der Waals surface area contributed by atoms with Gasteiger partial charge < -0.3 is 20.5 Å². The zero-order valence-corrected chi connectivity index (χ0v) is 12.6. The molecule has 0 amide bonds. The van der Waals surface area contributed by atoms with E-state index in [9.17, 15) is 0 Å². The second-order valence-electron chi connectivity index (χ2n) is 5.32. The van der Waals surface area contributed by atoms with Crippen molar-refractivity contribution in [3.8, 4) is 17.6 Å². The van der Waals surface area contributed by atoms with E-state index in [1.165, 1.54) is 0 Å². The van der Waals surface area contributed by atoms with Gasteiger partial charge in [-0.25, -0.2) is 4.98 Å². The monoisotopic (exact) mass is 319 g/mol. The van der Waals surface area contributed by atoms with Crippen LogP contribution in [0.1, 0.15) is 11.1 Å². The maximum Gasteiger partial charge on any atom is 0.231 e. The van der Waals surface area contributed by atoms with Gasteiger partial charge in [0, 0.05) is 11.9 Å². The summed E-state index contributed by atoms with van der Waals surface area (Å²) < 4.78 is 10.7. The Morgan fingerprint density at radius 3 is 2.88 bits per heavy atom. The number of nitrogens with one attached hydrogen (secondary N) is 1. The zero-order valence-electron chi connectivity index (χ0n) is 12.6. The minimum absolute atomic E-state index is 0.181. The van der Waals surface area contributed by atoms with Crippen molar-refractivity contribution in [2.24, 2.45) is 0 Å². The maximum atomic E-state index is 9.08. The Hall–Kier alpha value is -3.53. The fraction of sp³-hybridized carbons (Fsp3) is 0.118. The van der Waals surface area contributed by atoms with Gasteiger partial charge in [0.25, 0.3) is 0 Å². The molecule has 3 N–H and O–H groups in total. The molecule has 0 saturated heterocycles. The number of hydrogen-bond acceptors (Lipinski definition) is 7. The molecule has 0 bridgehead atoms. The first kappa shape index (κ1) is 14.1. The van der Waals surface area contributed by atoms with E-state index in [2.05, 4.69) is 21.4 Å². The Bertz CT molecular complexity index is 981. The minimum atomic E-state index is 0.181. The Balaban J connectivity index is 1.65. The first-order valence-electron chi connectivity index (χ1n) is 7.33. The van der Waals surface area contributed by atoms with Gasteiger partial charge in [0.05, 0.1) is 17.1 Å². The van der Waals surface area contributed by atoms with Crippen LogP contribution in [0, 0.1) is 11.3 Å². The number of nitrogens with zero attached hydrogens (tertiary/aromatic N) is 3. The van der Waals surface area contributed by atoms with Crippen molar-refractivity contribution in [1.29, 1.82) is 5.26 Å². The summed E-state index contributed by atoms with van der Waals surface area (Å²) in [5.74, 6) is 2.25. The van der Waals surface area contributed by atoms with E-state index < -0.39 is 0 Å². The summed E-state index contributed by atoms with van der Waals surface area (Å²) in [6.07, 6.45) is 0. The summed E-state index contributed by atoms with van der Waals surface area (Å²) in [5, 5.41) is 13.1. The number of anilines is 2. The molecule has 0 fully saturated rings. The van der Waals surface area contributed by atoms with E-state index in [0.717, 1.165) is 22.4 Å².